The number of fused-ring (bicyclic) bond motifs is 12. The lowest BCUT2D eigenvalue weighted by Gasteiger charge is -2.39. The van der Waals surface area contributed by atoms with Crippen molar-refractivity contribution in [1.29, 1.82) is 0 Å². The van der Waals surface area contributed by atoms with Crippen molar-refractivity contribution in [2.75, 3.05) is 0 Å². The fourth-order valence-electron chi connectivity index (χ4n) is 8.25. The predicted molar refractivity (Wildman–Crippen MR) is 205 cm³/mol. The Morgan fingerprint density at radius 2 is 0.961 bits per heavy atom. The molecule has 0 saturated carbocycles. The first-order chi connectivity index (χ1) is 25.3. The maximum Gasteiger partial charge on any atom is 0.167 e. The number of furan rings is 1. The van der Waals surface area contributed by atoms with Gasteiger partial charge in [-0.1, -0.05) is 151 Å². The molecule has 9 aromatic rings. The van der Waals surface area contributed by atoms with Gasteiger partial charge in [0.2, 0.25) is 0 Å². The van der Waals surface area contributed by atoms with E-state index in [0.29, 0.717) is 17.5 Å². The molecule has 3 heterocycles. The molecule has 1 aliphatic heterocycles. The number of hydrogen-bond donors (Lipinski definition) is 0. The van der Waals surface area contributed by atoms with Gasteiger partial charge in [-0.3, -0.25) is 0 Å². The highest BCUT2D eigenvalue weighted by molar-refractivity contribution is 7.99. The van der Waals surface area contributed by atoms with Crippen LogP contribution in [0.3, 0.4) is 0 Å². The summed E-state index contributed by atoms with van der Waals surface area (Å²) >= 11 is 1.84. The first-order valence-electron chi connectivity index (χ1n) is 17.1. The van der Waals surface area contributed by atoms with E-state index >= 15 is 0 Å². The smallest absolute Gasteiger partial charge is 0.167 e. The van der Waals surface area contributed by atoms with Crippen LogP contribution in [0.4, 0.5) is 0 Å². The zero-order chi connectivity index (χ0) is 33.5. The van der Waals surface area contributed by atoms with Crippen molar-refractivity contribution in [1.82, 2.24) is 15.0 Å². The van der Waals surface area contributed by atoms with Crippen molar-refractivity contribution in [3.05, 3.63) is 186 Å². The van der Waals surface area contributed by atoms with Crippen molar-refractivity contribution in [3.63, 3.8) is 0 Å². The summed E-state index contributed by atoms with van der Waals surface area (Å²) in [5, 5.41) is 2.11. The Hall–Kier alpha value is -6.30. The van der Waals surface area contributed by atoms with Gasteiger partial charge < -0.3 is 4.42 Å². The van der Waals surface area contributed by atoms with E-state index in [4.69, 9.17) is 19.4 Å². The highest BCUT2D eigenvalue weighted by atomic mass is 32.2. The molecule has 0 radical (unpaired) electrons. The highest BCUT2D eigenvalue weighted by Gasteiger charge is 2.50. The van der Waals surface area contributed by atoms with Crippen LogP contribution in [0.15, 0.2) is 178 Å². The minimum Gasteiger partial charge on any atom is -0.455 e. The Morgan fingerprint density at radius 1 is 0.412 bits per heavy atom. The molecule has 0 amide bonds. The van der Waals surface area contributed by atoms with E-state index in [2.05, 4.69) is 103 Å². The van der Waals surface area contributed by atoms with Gasteiger partial charge in [-0.2, -0.15) is 0 Å². The summed E-state index contributed by atoms with van der Waals surface area (Å²) in [6, 6.07) is 57.8. The average Bonchev–Trinajstić information content (AvgIpc) is 3.71. The molecule has 5 heteroatoms. The molecule has 0 unspecified atom stereocenters. The Kier molecular flexibility index (Phi) is 6.07. The molecule has 4 nitrogen and oxygen atoms in total. The molecule has 238 valence electrons. The molecule has 2 aliphatic rings. The summed E-state index contributed by atoms with van der Waals surface area (Å²) in [5.74, 6) is 1.82. The van der Waals surface area contributed by atoms with Crippen LogP contribution in [0, 0.1) is 0 Å². The monoisotopic (exact) mass is 669 g/mol. The summed E-state index contributed by atoms with van der Waals surface area (Å²) in [6.07, 6.45) is 0. The molecule has 0 fully saturated rings. The quantitative estimate of drug-likeness (QED) is 0.187. The Bertz CT molecular complexity index is 2740. The van der Waals surface area contributed by atoms with E-state index in [1.54, 1.807) is 0 Å². The number of hydrogen-bond acceptors (Lipinski definition) is 5. The summed E-state index contributed by atoms with van der Waals surface area (Å²) in [7, 11) is 0. The predicted octanol–water partition coefficient (Wildman–Crippen LogP) is 11.6. The Morgan fingerprint density at radius 3 is 1.63 bits per heavy atom. The third kappa shape index (κ3) is 4.07. The molecule has 1 aliphatic carbocycles. The van der Waals surface area contributed by atoms with E-state index in [1.165, 1.54) is 43.2 Å². The fourth-order valence-corrected chi connectivity index (χ4v) is 9.46. The molecule has 51 heavy (non-hydrogen) atoms. The van der Waals surface area contributed by atoms with Crippen molar-refractivity contribution in [3.8, 4) is 45.3 Å². The molecule has 1 spiro atoms. The average molecular weight is 670 g/mol. The van der Waals surface area contributed by atoms with E-state index in [9.17, 15) is 0 Å². The minimum absolute atomic E-state index is 0.469. The van der Waals surface area contributed by atoms with Gasteiger partial charge in [0, 0.05) is 31.7 Å². The van der Waals surface area contributed by atoms with Crippen molar-refractivity contribution in [2.45, 2.75) is 15.2 Å². The molecular formula is C46H27N3OS. The van der Waals surface area contributed by atoms with E-state index < -0.39 is 5.41 Å². The van der Waals surface area contributed by atoms with Crippen LogP contribution in [0.1, 0.15) is 22.3 Å². The molecule has 2 aromatic heterocycles. The second-order valence-electron chi connectivity index (χ2n) is 13.1. The van der Waals surface area contributed by atoms with E-state index in [0.717, 1.165) is 38.6 Å². The van der Waals surface area contributed by atoms with E-state index in [-0.39, 0.29) is 0 Å². The van der Waals surface area contributed by atoms with Gasteiger partial charge in [0.25, 0.3) is 0 Å². The fraction of sp³-hybridized carbons (Fsp3) is 0.0217. The third-order valence-corrected chi connectivity index (χ3v) is 11.5. The first-order valence-corrected chi connectivity index (χ1v) is 17.9. The van der Waals surface area contributed by atoms with Gasteiger partial charge in [-0.15, -0.1) is 0 Å². The largest absolute Gasteiger partial charge is 0.455 e. The number of aromatic nitrogens is 3. The summed E-state index contributed by atoms with van der Waals surface area (Å²) in [6.45, 7) is 0. The second-order valence-corrected chi connectivity index (χ2v) is 14.2. The first kappa shape index (κ1) is 28.5. The van der Waals surface area contributed by atoms with Crippen LogP contribution < -0.4 is 0 Å². The Labute approximate surface area is 298 Å². The molecule has 11 rings (SSSR count). The molecule has 0 N–H and O–H groups in total. The van der Waals surface area contributed by atoms with Gasteiger partial charge in [0.05, 0.1) is 11.0 Å². The minimum atomic E-state index is -0.469. The van der Waals surface area contributed by atoms with Crippen LogP contribution in [-0.2, 0) is 5.41 Å². The number of rotatable bonds is 3. The van der Waals surface area contributed by atoms with Crippen LogP contribution >= 0.6 is 11.8 Å². The highest BCUT2D eigenvalue weighted by Crippen LogP contribution is 2.62. The van der Waals surface area contributed by atoms with E-state index in [1.807, 2.05) is 72.4 Å². The number of para-hydroxylation sites is 1. The molecule has 7 aromatic carbocycles. The van der Waals surface area contributed by atoms with Crippen LogP contribution in [0.2, 0.25) is 0 Å². The number of nitrogens with zero attached hydrogens (tertiary/aromatic N) is 3. The van der Waals surface area contributed by atoms with Gasteiger partial charge in [0.1, 0.15) is 11.2 Å². The third-order valence-electron chi connectivity index (χ3n) is 10.4. The molecular weight excluding hydrogens is 643 g/mol. The lowest BCUT2D eigenvalue weighted by atomic mass is 9.67. The maximum atomic E-state index is 6.95. The van der Waals surface area contributed by atoms with Crippen LogP contribution in [0.25, 0.3) is 67.2 Å². The van der Waals surface area contributed by atoms with Gasteiger partial charge in [0.15, 0.2) is 17.5 Å². The van der Waals surface area contributed by atoms with Crippen molar-refractivity contribution >= 4 is 33.7 Å². The normalized spacial score (nSPS) is 13.6. The van der Waals surface area contributed by atoms with Crippen LogP contribution in [-0.4, -0.2) is 15.0 Å². The molecule has 0 saturated heterocycles. The summed E-state index contributed by atoms with van der Waals surface area (Å²) in [4.78, 5) is 17.5. The maximum absolute atomic E-state index is 6.95. The lowest BCUT2D eigenvalue weighted by molar-refractivity contribution is 0.662. The SMILES string of the molecule is c1ccc(-c2nc(-c3ccccc3)nc(-c3cccc4c3oc3cc5c(cc34)Sc3ccccc3C53c4ccccc4-c4ccccc43)n2)cc1. The number of benzene rings is 7. The zero-order valence-electron chi connectivity index (χ0n) is 27.2. The van der Waals surface area contributed by atoms with Crippen molar-refractivity contribution < 1.29 is 4.42 Å². The zero-order valence-corrected chi connectivity index (χ0v) is 28.1. The standard InChI is InChI=1S/C46H27N3OS/c1-3-14-28(15-4-1)43-47-44(29-16-5-2-6-17-29)49-45(48-43)33-21-13-20-32-34-26-41-38(27-39(34)50-42(32)33)46(37-24-11-12-25-40(37)51-41)35-22-9-7-18-30(35)31-19-8-10-23-36(31)46/h1-27H. The molecule has 0 bridgehead atoms. The van der Waals surface area contributed by atoms with Gasteiger partial charge in [-0.05, 0) is 57.6 Å². The summed E-state index contributed by atoms with van der Waals surface area (Å²) < 4.78 is 6.95. The summed E-state index contributed by atoms with van der Waals surface area (Å²) in [5.41, 5.74) is 11.6. The van der Waals surface area contributed by atoms with Crippen molar-refractivity contribution in [2.24, 2.45) is 0 Å². The van der Waals surface area contributed by atoms with Gasteiger partial charge in [-0.25, -0.2) is 15.0 Å². The van der Waals surface area contributed by atoms with Crippen LogP contribution in [0.5, 0.6) is 0 Å². The van der Waals surface area contributed by atoms with Gasteiger partial charge >= 0.3 is 0 Å². The lowest BCUT2D eigenvalue weighted by Crippen LogP contribution is -2.31. The molecule has 0 atom stereocenters. The topological polar surface area (TPSA) is 51.8 Å². The second kappa shape index (κ2) is 10.8. The Balaban J connectivity index is 1.18.